The van der Waals surface area contributed by atoms with Crippen molar-refractivity contribution in [1.29, 1.82) is 0 Å². The van der Waals surface area contributed by atoms with Crippen molar-refractivity contribution in [2.75, 3.05) is 6.61 Å². The van der Waals surface area contributed by atoms with E-state index in [1.807, 2.05) is 24.3 Å². The van der Waals surface area contributed by atoms with Crippen LogP contribution in [0.25, 0.3) is 0 Å². The fraction of sp³-hybridized carbons (Fsp3) is 0.471. The molecule has 122 valence electrons. The lowest BCUT2D eigenvalue weighted by Crippen LogP contribution is -2.32. The topological polar surface area (TPSA) is 77.2 Å². The molecule has 1 aromatic carbocycles. The minimum absolute atomic E-state index is 0.00536. The number of benzene rings is 1. The van der Waals surface area contributed by atoms with Gasteiger partial charge in [0.15, 0.2) is 5.82 Å². The van der Waals surface area contributed by atoms with Gasteiger partial charge in [-0.05, 0) is 12.5 Å². The van der Waals surface area contributed by atoms with Crippen LogP contribution < -0.4 is 10.1 Å². The Balaban J connectivity index is 1.53. The Bertz CT molecular complexity index is 669. The number of carbonyl (C=O) groups is 1. The van der Waals surface area contributed by atoms with Crippen molar-refractivity contribution in [3.8, 4) is 5.75 Å². The number of rotatable bonds is 6. The van der Waals surface area contributed by atoms with Crippen LogP contribution in [0.1, 0.15) is 49.5 Å². The summed E-state index contributed by atoms with van der Waals surface area (Å²) in [5.41, 5.74) is 1.04. The lowest BCUT2D eigenvalue weighted by atomic mass is 10.0. The molecule has 0 saturated heterocycles. The fourth-order valence-corrected chi connectivity index (χ4v) is 2.70. The molecule has 0 radical (unpaired) electrons. The zero-order valence-electron chi connectivity index (χ0n) is 13.2. The highest BCUT2D eigenvalue weighted by Crippen LogP contribution is 2.31. The lowest BCUT2D eigenvalue weighted by Gasteiger charge is -2.26. The van der Waals surface area contributed by atoms with E-state index in [9.17, 15) is 4.79 Å². The Morgan fingerprint density at radius 3 is 3.09 bits per heavy atom. The average Bonchev–Trinajstić information content (AvgIpc) is 3.01. The van der Waals surface area contributed by atoms with Crippen molar-refractivity contribution in [1.82, 2.24) is 15.5 Å². The quantitative estimate of drug-likeness (QED) is 0.886. The molecule has 6 nitrogen and oxygen atoms in total. The molecule has 1 unspecified atom stereocenters. The summed E-state index contributed by atoms with van der Waals surface area (Å²) in [4.78, 5) is 16.5. The van der Waals surface area contributed by atoms with Gasteiger partial charge in [-0.3, -0.25) is 4.79 Å². The highest BCUT2D eigenvalue weighted by atomic mass is 16.5. The summed E-state index contributed by atoms with van der Waals surface area (Å²) in [6, 6.07) is 7.83. The van der Waals surface area contributed by atoms with Crippen LogP contribution >= 0.6 is 0 Å². The van der Waals surface area contributed by atoms with E-state index < -0.39 is 0 Å². The van der Waals surface area contributed by atoms with Crippen molar-refractivity contribution in [3.63, 3.8) is 0 Å². The van der Waals surface area contributed by atoms with E-state index in [0.717, 1.165) is 30.6 Å². The molecule has 6 heteroatoms. The van der Waals surface area contributed by atoms with Crippen LogP contribution in [0.5, 0.6) is 5.75 Å². The summed E-state index contributed by atoms with van der Waals surface area (Å²) in [7, 11) is 0. The number of para-hydroxylation sites is 1. The van der Waals surface area contributed by atoms with Gasteiger partial charge < -0.3 is 14.6 Å². The van der Waals surface area contributed by atoms with Gasteiger partial charge >= 0.3 is 0 Å². The number of carbonyl (C=O) groups excluding carboxylic acids is 1. The van der Waals surface area contributed by atoms with Gasteiger partial charge in [0.1, 0.15) is 5.75 Å². The Morgan fingerprint density at radius 1 is 1.35 bits per heavy atom. The van der Waals surface area contributed by atoms with Gasteiger partial charge in [-0.25, -0.2) is 0 Å². The number of amides is 1. The number of hydrogen-bond donors (Lipinski definition) is 1. The molecule has 1 amide bonds. The van der Waals surface area contributed by atoms with E-state index in [-0.39, 0.29) is 11.9 Å². The van der Waals surface area contributed by atoms with Gasteiger partial charge in [-0.2, -0.15) is 4.98 Å². The molecule has 3 rings (SSSR count). The third kappa shape index (κ3) is 3.88. The predicted molar refractivity (Wildman–Crippen MR) is 84.1 cm³/mol. The molecule has 1 N–H and O–H groups in total. The Labute approximate surface area is 135 Å². The molecule has 1 aromatic heterocycles. The molecule has 0 fully saturated rings. The number of hydrogen-bond acceptors (Lipinski definition) is 5. The smallest absolute Gasteiger partial charge is 0.227 e. The van der Waals surface area contributed by atoms with Gasteiger partial charge in [-0.1, -0.05) is 30.3 Å². The molecule has 1 aliphatic heterocycles. The monoisotopic (exact) mass is 315 g/mol. The van der Waals surface area contributed by atoms with Crippen LogP contribution in [0.15, 0.2) is 28.8 Å². The Morgan fingerprint density at radius 2 is 2.22 bits per heavy atom. The van der Waals surface area contributed by atoms with Crippen LogP contribution in [0.3, 0.4) is 0 Å². The molecular formula is C17H21N3O3. The van der Waals surface area contributed by atoms with Gasteiger partial charge in [0.2, 0.25) is 11.8 Å². The van der Waals surface area contributed by atoms with Gasteiger partial charge in [-0.15, -0.1) is 0 Å². The zero-order chi connectivity index (χ0) is 16.1. The molecule has 2 aromatic rings. The Kier molecular flexibility index (Phi) is 4.90. The fourth-order valence-electron chi connectivity index (χ4n) is 2.70. The van der Waals surface area contributed by atoms with Crippen LogP contribution in [-0.4, -0.2) is 22.7 Å². The van der Waals surface area contributed by atoms with Gasteiger partial charge in [0.05, 0.1) is 12.6 Å². The van der Waals surface area contributed by atoms with Crippen LogP contribution in [-0.2, 0) is 17.6 Å². The summed E-state index contributed by atoms with van der Waals surface area (Å²) >= 11 is 0. The first-order valence-corrected chi connectivity index (χ1v) is 8.09. The Hall–Kier alpha value is -2.37. The molecule has 0 aliphatic carbocycles. The van der Waals surface area contributed by atoms with Gasteiger partial charge in [0, 0.05) is 31.2 Å². The highest BCUT2D eigenvalue weighted by molar-refractivity contribution is 5.76. The lowest BCUT2D eigenvalue weighted by molar-refractivity contribution is -0.122. The van der Waals surface area contributed by atoms with E-state index in [2.05, 4.69) is 22.4 Å². The van der Waals surface area contributed by atoms with E-state index in [1.165, 1.54) is 0 Å². The first-order valence-electron chi connectivity index (χ1n) is 8.09. The van der Waals surface area contributed by atoms with Crippen LogP contribution in [0.2, 0.25) is 0 Å². The number of ether oxygens (including phenoxy) is 1. The van der Waals surface area contributed by atoms with Crippen molar-refractivity contribution in [2.24, 2.45) is 0 Å². The summed E-state index contributed by atoms with van der Waals surface area (Å²) in [6.45, 7) is 2.68. The average molecular weight is 315 g/mol. The van der Waals surface area contributed by atoms with Crippen molar-refractivity contribution >= 4 is 5.91 Å². The number of fused-ring (bicyclic) bond motifs is 1. The molecule has 0 bridgehead atoms. The third-order valence-electron chi connectivity index (χ3n) is 3.84. The highest BCUT2D eigenvalue weighted by Gasteiger charge is 2.22. The van der Waals surface area contributed by atoms with E-state index in [0.29, 0.717) is 31.2 Å². The van der Waals surface area contributed by atoms with Gasteiger partial charge in [0.25, 0.3) is 0 Å². The van der Waals surface area contributed by atoms with E-state index >= 15 is 0 Å². The van der Waals surface area contributed by atoms with Crippen molar-refractivity contribution in [2.45, 2.75) is 45.1 Å². The first kappa shape index (κ1) is 15.5. The van der Waals surface area contributed by atoms with Crippen molar-refractivity contribution in [3.05, 3.63) is 41.5 Å². The molecule has 0 saturated carbocycles. The van der Waals surface area contributed by atoms with Crippen LogP contribution in [0.4, 0.5) is 0 Å². The minimum Gasteiger partial charge on any atom is -0.493 e. The summed E-state index contributed by atoms with van der Waals surface area (Å²) in [5, 5.41) is 6.96. The molecule has 1 aliphatic rings. The third-order valence-corrected chi connectivity index (χ3v) is 3.84. The maximum absolute atomic E-state index is 12.2. The molecular weight excluding hydrogens is 294 g/mol. The minimum atomic E-state index is -0.0121. The van der Waals surface area contributed by atoms with Crippen molar-refractivity contribution < 1.29 is 14.1 Å². The normalized spacial score (nSPS) is 16.5. The first-order chi connectivity index (χ1) is 11.3. The second-order valence-corrected chi connectivity index (χ2v) is 5.65. The maximum Gasteiger partial charge on any atom is 0.227 e. The number of aryl methyl sites for hydroxylation is 2. The summed E-state index contributed by atoms with van der Waals surface area (Å²) in [5.74, 6) is 2.07. The second kappa shape index (κ2) is 7.26. The standard InChI is InChI=1S/C17H21N3O3/c1-2-5-15-19-17(23-20-15)9-8-16(21)18-13-10-11-22-14-7-4-3-6-12(13)14/h3-4,6-7,13H,2,5,8-11H2,1H3,(H,18,21). The largest absolute Gasteiger partial charge is 0.493 e. The number of nitrogens with zero attached hydrogens (tertiary/aromatic N) is 2. The predicted octanol–water partition coefficient (Wildman–Crippen LogP) is 2.59. The zero-order valence-corrected chi connectivity index (χ0v) is 13.2. The number of nitrogens with one attached hydrogen (secondary N) is 1. The van der Waals surface area contributed by atoms with E-state index in [4.69, 9.17) is 9.26 Å². The van der Waals surface area contributed by atoms with Crippen LogP contribution in [0, 0.1) is 0 Å². The molecule has 0 spiro atoms. The maximum atomic E-state index is 12.2. The molecule has 2 heterocycles. The summed E-state index contributed by atoms with van der Waals surface area (Å²) < 4.78 is 10.8. The summed E-state index contributed by atoms with van der Waals surface area (Å²) in [6.07, 6.45) is 3.36. The SMILES string of the molecule is CCCc1noc(CCC(=O)NC2CCOc3ccccc32)n1. The molecule has 23 heavy (non-hydrogen) atoms. The van der Waals surface area contributed by atoms with E-state index in [1.54, 1.807) is 0 Å². The molecule has 1 atom stereocenters. The second-order valence-electron chi connectivity index (χ2n) is 5.65. The number of aromatic nitrogens is 2.